The molecule has 0 spiro atoms. The molecular weight excluding hydrogens is 364 g/mol. The summed E-state index contributed by atoms with van der Waals surface area (Å²) in [6.07, 6.45) is 0.478. The van der Waals surface area contributed by atoms with Crippen LogP contribution in [0.25, 0.3) is 0 Å². The van der Waals surface area contributed by atoms with Gasteiger partial charge in [-0.25, -0.2) is 22.0 Å². The first-order valence-electron chi connectivity index (χ1n) is 7.88. The van der Waals surface area contributed by atoms with E-state index in [0.717, 1.165) is 18.2 Å². The Kier molecular flexibility index (Phi) is 6.51. The minimum Gasteiger partial charge on any atom is -0.334 e. The van der Waals surface area contributed by atoms with Crippen molar-refractivity contribution in [3.63, 3.8) is 0 Å². The number of hydrogen-bond donors (Lipinski definition) is 3. The van der Waals surface area contributed by atoms with Gasteiger partial charge in [-0.15, -0.1) is 0 Å². The average Bonchev–Trinajstić information content (AvgIpc) is 2.55. The predicted molar refractivity (Wildman–Crippen MR) is 96.4 cm³/mol. The van der Waals surface area contributed by atoms with Crippen LogP contribution in [0.1, 0.15) is 18.9 Å². The largest absolute Gasteiger partial charge is 0.334 e. The van der Waals surface area contributed by atoms with Crippen molar-refractivity contribution in [1.29, 1.82) is 0 Å². The van der Waals surface area contributed by atoms with Crippen LogP contribution in [0.2, 0.25) is 0 Å². The first-order chi connectivity index (χ1) is 12.3. The number of halogens is 2. The molecule has 2 aromatic carbocycles. The summed E-state index contributed by atoms with van der Waals surface area (Å²) in [7, 11) is -3.44. The molecule has 140 valence electrons. The van der Waals surface area contributed by atoms with E-state index in [4.69, 9.17) is 0 Å². The summed E-state index contributed by atoms with van der Waals surface area (Å²) in [5.41, 5.74) is 0.674. The fourth-order valence-corrected chi connectivity index (χ4v) is 3.31. The van der Waals surface area contributed by atoms with E-state index in [0.29, 0.717) is 17.8 Å². The maximum Gasteiger partial charge on any atom is 0.319 e. The normalized spacial score (nSPS) is 11.0. The van der Waals surface area contributed by atoms with Gasteiger partial charge in [0, 0.05) is 17.8 Å². The molecule has 26 heavy (non-hydrogen) atoms. The molecule has 0 aliphatic rings. The summed E-state index contributed by atoms with van der Waals surface area (Å²) in [5.74, 6) is -1.24. The topological polar surface area (TPSA) is 87.3 Å². The zero-order valence-electron chi connectivity index (χ0n) is 14.1. The highest BCUT2D eigenvalue weighted by atomic mass is 32.2. The van der Waals surface area contributed by atoms with Gasteiger partial charge in [-0.3, -0.25) is 4.72 Å². The third-order valence-electron chi connectivity index (χ3n) is 3.31. The number of carbonyl (C=O) groups is 1. The van der Waals surface area contributed by atoms with Gasteiger partial charge in [0.2, 0.25) is 10.0 Å². The van der Waals surface area contributed by atoms with Gasteiger partial charge in [0.1, 0.15) is 11.6 Å². The second kappa shape index (κ2) is 8.61. The van der Waals surface area contributed by atoms with Crippen LogP contribution in [0.5, 0.6) is 0 Å². The van der Waals surface area contributed by atoms with E-state index in [1.54, 1.807) is 25.1 Å². The number of sulfonamides is 1. The zero-order chi connectivity index (χ0) is 19.2. The Hall–Kier alpha value is -2.68. The monoisotopic (exact) mass is 383 g/mol. The molecule has 0 radical (unpaired) electrons. The molecule has 3 N–H and O–H groups in total. The Morgan fingerprint density at radius 2 is 1.81 bits per heavy atom. The van der Waals surface area contributed by atoms with Crippen molar-refractivity contribution in [2.75, 3.05) is 15.8 Å². The van der Waals surface area contributed by atoms with E-state index in [-0.39, 0.29) is 17.9 Å². The first-order valence-corrected chi connectivity index (χ1v) is 9.53. The van der Waals surface area contributed by atoms with Crippen LogP contribution in [0, 0.1) is 11.6 Å². The molecule has 0 atom stereocenters. The van der Waals surface area contributed by atoms with Crippen molar-refractivity contribution >= 4 is 27.4 Å². The molecule has 0 fully saturated rings. The molecule has 2 aromatic rings. The van der Waals surface area contributed by atoms with Gasteiger partial charge in [0.15, 0.2) is 0 Å². The van der Waals surface area contributed by atoms with Gasteiger partial charge in [-0.1, -0.05) is 13.0 Å². The highest BCUT2D eigenvalue weighted by Crippen LogP contribution is 2.17. The summed E-state index contributed by atoms with van der Waals surface area (Å²) in [6.45, 7) is 1.56. The van der Waals surface area contributed by atoms with E-state index in [2.05, 4.69) is 15.4 Å². The fourth-order valence-electron chi connectivity index (χ4n) is 2.19. The van der Waals surface area contributed by atoms with Gasteiger partial charge >= 0.3 is 6.03 Å². The molecule has 0 unspecified atom stereocenters. The van der Waals surface area contributed by atoms with Crippen LogP contribution in [0.3, 0.4) is 0 Å². The third-order valence-corrected chi connectivity index (χ3v) is 4.81. The van der Waals surface area contributed by atoms with Crippen LogP contribution < -0.4 is 15.4 Å². The summed E-state index contributed by atoms with van der Waals surface area (Å²) < 4.78 is 52.6. The number of carbonyl (C=O) groups excluding carboxylic acids is 1. The van der Waals surface area contributed by atoms with Crippen molar-refractivity contribution in [3.05, 3.63) is 59.7 Å². The molecule has 0 saturated heterocycles. The maximum atomic E-state index is 13.5. The third kappa shape index (κ3) is 5.99. The molecule has 9 heteroatoms. The van der Waals surface area contributed by atoms with Crippen LogP contribution >= 0.6 is 0 Å². The highest BCUT2D eigenvalue weighted by molar-refractivity contribution is 7.92. The van der Waals surface area contributed by atoms with Crippen LogP contribution in [-0.4, -0.2) is 20.2 Å². The SMILES string of the molecule is CCCS(=O)(=O)Nc1cccc(NC(=O)NCc2cc(F)ccc2F)c1. The van der Waals surface area contributed by atoms with E-state index < -0.39 is 27.7 Å². The quantitative estimate of drug-likeness (QED) is 0.684. The maximum absolute atomic E-state index is 13.5. The van der Waals surface area contributed by atoms with Crippen LogP contribution in [-0.2, 0) is 16.6 Å². The number of hydrogen-bond acceptors (Lipinski definition) is 3. The van der Waals surface area contributed by atoms with Crippen molar-refractivity contribution in [2.24, 2.45) is 0 Å². The molecule has 2 rings (SSSR count). The van der Waals surface area contributed by atoms with Gasteiger partial charge in [0.25, 0.3) is 0 Å². The minimum absolute atomic E-state index is 0.00958. The van der Waals surface area contributed by atoms with Gasteiger partial charge in [0.05, 0.1) is 11.4 Å². The summed E-state index contributed by atoms with van der Waals surface area (Å²) in [6, 6.07) is 8.49. The van der Waals surface area contributed by atoms with Crippen molar-refractivity contribution in [1.82, 2.24) is 5.32 Å². The van der Waals surface area contributed by atoms with Gasteiger partial charge < -0.3 is 10.6 Å². The summed E-state index contributed by atoms with van der Waals surface area (Å²) >= 11 is 0. The Morgan fingerprint density at radius 3 is 2.54 bits per heavy atom. The lowest BCUT2D eigenvalue weighted by Crippen LogP contribution is -2.28. The molecule has 0 aliphatic carbocycles. The number of nitrogens with one attached hydrogen (secondary N) is 3. The van der Waals surface area contributed by atoms with E-state index in [9.17, 15) is 22.0 Å². The molecule has 2 amide bonds. The Labute approximate surface area is 150 Å². The van der Waals surface area contributed by atoms with E-state index in [1.165, 1.54) is 6.07 Å². The highest BCUT2D eigenvalue weighted by Gasteiger charge is 2.10. The fraction of sp³-hybridized carbons (Fsp3) is 0.235. The van der Waals surface area contributed by atoms with E-state index >= 15 is 0 Å². The lowest BCUT2D eigenvalue weighted by atomic mass is 10.2. The standard InChI is InChI=1S/C17H19F2N3O3S/c1-2-8-26(24,25)22-15-5-3-4-14(10-15)21-17(23)20-11-12-9-13(18)6-7-16(12)19/h3-7,9-10,22H,2,8,11H2,1H3,(H2,20,21,23). The van der Waals surface area contributed by atoms with E-state index in [1.807, 2.05) is 0 Å². The summed E-state index contributed by atoms with van der Waals surface area (Å²) in [5, 5.41) is 4.91. The van der Waals surface area contributed by atoms with Crippen molar-refractivity contribution < 1.29 is 22.0 Å². The van der Waals surface area contributed by atoms with Crippen molar-refractivity contribution in [3.8, 4) is 0 Å². The first kappa shape index (κ1) is 19.6. The smallest absolute Gasteiger partial charge is 0.319 e. The second-order valence-electron chi connectivity index (χ2n) is 5.55. The second-order valence-corrected chi connectivity index (χ2v) is 7.39. The molecule has 0 aliphatic heterocycles. The Balaban J connectivity index is 1.96. The molecule has 0 saturated carbocycles. The molecule has 6 nitrogen and oxygen atoms in total. The number of benzene rings is 2. The molecule has 0 aromatic heterocycles. The van der Waals surface area contributed by atoms with Gasteiger partial charge in [-0.2, -0.15) is 0 Å². The summed E-state index contributed by atoms with van der Waals surface area (Å²) in [4.78, 5) is 11.9. The lowest BCUT2D eigenvalue weighted by Gasteiger charge is -2.11. The molecular formula is C17H19F2N3O3S. The zero-order valence-corrected chi connectivity index (χ0v) is 14.9. The minimum atomic E-state index is -3.44. The lowest BCUT2D eigenvalue weighted by molar-refractivity contribution is 0.251. The predicted octanol–water partition coefficient (Wildman–Crippen LogP) is 3.44. The number of anilines is 2. The molecule has 0 heterocycles. The van der Waals surface area contributed by atoms with Crippen molar-refractivity contribution in [2.45, 2.75) is 19.9 Å². The average molecular weight is 383 g/mol. The van der Waals surface area contributed by atoms with Crippen LogP contribution in [0.15, 0.2) is 42.5 Å². The number of amides is 2. The Morgan fingerprint density at radius 1 is 1.08 bits per heavy atom. The molecule has 0 bridgehead atoms. The number of rotatable bonds is 7. The van der Waals surface area contributed by atoms with Crippen LogP contribution in [0.4, 0.5) is 25.0 Å². The number of urea groups is 1. The Bertz CT molecular complexity index is 889. The van der Waals surface area contributed by atoms with Gasteiger partial charge in [-0.05, 0) is 42.8 Å².